The Morgan fingerprint density at radius 3 is 2.73 bits per heavy atom. The van der Waals surface area contributed by atoms with Gasteiger partial charge < -0.3 is 9.09 Å². The Morgan fingerprint density at radius 2 is 1.96 bits per heavy atom. The van der Waals surface area contributed by atoms with Crippen LogP contribution in [0.5, 0.6) is 0 Å². The molecule has 0 fully saturated rings. The lowest BCUT2D eigenvalue weighted by molar-refractivity contribution is -0.134. The third-order valence-electron chi connectivity index (χ3n) is 4.44. The van der Waals surface area contributed by atoms with E-state index in [0.29, 0.717) is 18.9 Å². The molecule has 0 bridgehead atoms. The average Bonchev–Trinajstić information content (AvgIpc) is 3.26. The van der Waals surface area contributed by atoms with Crippen molar-refractivity contribution in [2.24, 2.45) is 0 Å². The SMILES string of the molecule is FC(F)(F)CCc1noc([C@H]2CCc3nnc(-c4ccccc4)n3C2)n1. The fraction of sp³-hybridized carbons (Fsp3) is 0.412. The maximum Gasteiger partial charge on any atom is 0.389 e. The number of hydrogen-bond donors (Lipinski definition) is 0. The Balaban J connectivity index is 1.52. The van der Waals surface area contributed by atoms with Crippen LogP contribution in [0.1, 0.15) is 36.3 Å². The number of aryl methyl sites for hydroxylation is 2. The molecule has 0 saturated carbocycles. The number of nitrogens with zero attached hydrogens (tertiary/aromatic N) is 5. The largest absolute Gasteiger partial charge is 0.389 e. The maximum absolute atomic E-state index is 12.3. The van der Waals surface area contributed by atoms with E-state index in [0.717, 1.165) is 23.6 Å². The maximum atomic E-state index is 12.3. The first kappa shape index (κ1) is 16.7. The second-order valence-corrected chi connectivity index (χ2v) is 6.32. The number of benzene rings is 1. The Kier molecular flexibility index (Phi) is 4.21. The lowest BCUT2D eigenvalue weighted by Gasteiger charge is -2.21. The first-order chi connectivity index (χ1) is 12.5. The molecule has 3 aromatic rings. The van der Waals surface area contributed by atoms with Crippen LogP contribution in [0.4, 0.5) is 13.2 Å². The van der Waals surface area contributed by atoms with Crippen LogP contribution in [0.15, 0.2) is 34.9 Å². The highest BCUT2D eigenvalue weighted by Gasteiger charge is 2.30. The number of hydrogen-bond acceptors (Lipinski definition) is 5. The molecule has 0 aliphatic carbocycles. The molecule has 1 atom stereocenters. The van der Waals surface area contributed by atoms with Gasteiger partial charge in [0.15, 0.2) is 11.6 Å². The molecule has 0 unspecified atom stereocenters. The van der Waals surface area contributed by atoms with E-state index in [1.54, 1.807) is 0 Å². The topological polar surface area (TPSA) is 69.6 Å². The molecule has 26 heavy (non-hydrogen) atoms. The summed E-state index contributed by atoms with van der Waals surface area (Å²) in [6.45, 7) is 0.563. The van der Waals surface area contributed by atoms with Crippen molar-refractivity contribution in [1.29, 1.82) is 0 Å². The monoisotopic (exact) mass is 363 g/mol. The molecule has 0 spiro atoms. The summed E-state index contributed by atoms with van der Waals surface area (Å²) in [5.74, 6) is 2.06. The summed E-state index contributed by atoms with van der Waals surface area (Å²) >= 11 is 0. The van der Waals surface area contributed by atoms with Gasteiger partial charge in [-0.1, -0.05) is 35.5 Å². The highest BCUT2D eigenvalue weighted by molar-refractivity contribution is 5.55. The van der Waals surface area contributed by atoms with Crippen LogP contribution in [0.2, 0.25) is 0 Å². The summed E-state index contributed by atoms with van der Waals surface area (Å²) in [4.78, 5) is 4.16. The summed E-state index contributed by atoms with van der Waals surface area (Å²) < 4.78 is 44.2. The summed E-state index contributed by atoms with van der Waals surface area (Å²) in [5, 5.41) is 12.2. The number of rotatable bonds is 4. The van der Waals surface area contributed by atoms with Crippen molar-refractivity contribution in [3.05, 3.63) is 47.9 Å². The summed E-state index contributed by atoms with van der Waals surface area (Å²) in [6.07, 6.45) is -4.01. The predicted octanol–water partition coefficient (Wildman–Crippen LogP) is 3.55. The minimum absolute atomic E-state index is 0.0619. The second-order valence-electron chi connectivity index (χ2n) is 6.32. The molecular formula is C17H16F3N5O. The van der Waals surface area contributed by atoms with E-state index in [2.05, 4.69) is 20.3 Å². The molecule has 0 radical (unpaired) electrons. The number of alkyl halides is 3. The van der Waals surface area contributed by atoms with Crippen molar-refractivity contribution in [2.45, 2.75) is 44.3 Å². The van der Waals surface area contributed by atoms with Crippen LogP contribution in [-0.4, -0.2) is 31.1 Å². The Bertz CT molecular complexity index is 887. The molecule has 9 heteroatoms. The van der Waals surface area contributed by atoms with Gasteiger partial charge in [0.25, 0.3) is 0 Å². The molecule has 3 heterocycles. The Morgan fingerprint density at radius 1 is 1.15 bits per heavy atom. The van der Waals surface area contributed by atoms with E-state index in [4.69, 9.17) is 4.52 Å². The van der Waals surface area contributed by atoms with Gasteiger partial charge in [0, 0.05) is 24.9 Å². The quantitative estimate of drug-likeness (QED) is 0.709. The first-order valence-electron chi connectivity index (χ1n) is 8.36. The van der Waals surface area contributed by atoms with E-state index in [9.17, 15) is 13.2 Å². The summed E-state index contributed by atoms with van der Waals surface area (Å²) in [7, 11) is 0. The third-order valence-corrected chi connectivity index (χ3v) is 4.44. The zero-order chi connectivity index (χ0) is 18.1. The molecule has 1 aliphatic heterocycles. The van der Waals surface area contributed by atoms with Gasteiger partial charge in [-0.25, -0.2) is 0 Å². The van der Waals surface area contributed by atoms with Crippen LogP contribution >= 0.6 is 0 Å². The van der Waals surface area contributed by atoms with E-state index in [1.807, 2.05) is 34.9 Å². The zero-order valence-electron chi connectivity index (χ0n) is 13.8. The molecule has 1 aromatic carbocycles. The zero-order valence-corrected chi connectivity index (χ0v) is 13.8. The van der Waals surface area contributed by atoms with Gasteiger partial charge in [0.05, 0.1) is 12.3 Å². The van der Waals surface area contributed by atoms with Gasteiger partial charge in [-0.15, -0.1) is 10.2 Å². The average molecular weight is 363 g/mol. The van der Waals surface area contributed by atoms with Gasteiger partial charge in [0.2, 0.25) is 5.89 Å². The van der Waals surface area contributed by atoms with Crippen molar-refractivity contribution >= 4 is 0 Å². The fourth-order valence-corrected chi connectivity index (χ4v) is 3.12. The molecule has 0 N–H and O–H groups in total. The minimum Gasteiger partial charge on any atom is -0.339 e. The summed E-state index contributed by atoms with van der Waals surface area (Å²) in [6, 6.07) is 9.72. The fourth-order valence-electron chi connectivity index (χ4n) is 3.12. The molecule has 1 aliphatic rings. The molecule has 0 amide bonds. The van der Waals surface area contributed by atoms with E-state index in [1.165, 1.54) is 0 Å². The number of halogens is 3. The van der Waals surface area contributed by atoms with Crippen molar-refractivity contribution in [1.82, 2.24) is 24.9 Å². The van der Waals surface area contributed by atoms with E-state index < -0.39 is 12.6 Å². The van der Waals surface area contributed by atoms with Crippen LogP contribution in [0, 0.1) is 0 Å². The summed E-state index contributed by atoms with van der Waals surface area (Å²) in [5.41, 5.74) is 0.961. The predicted molar refractivity (Wildman–Crippen MR) is 85.2 cm³/mol. The van der Waals surface area contributed by atoms with Gasteiger partial charge in [-0.05, 0) is 6.42 Å². The third kappa shape index (κ3) is 3.47. The van der Waals surface area contributed by atoms with Crippen LogP contribution in [0.3, 0.4) is 0 Å². The van der Waals surface area contributed by atoms with Crippen LogP contribution < -0.4 is 0 Å². The Labute approximate surface area is 147 Å². The van der Waals surface area contributed by atoms with Crippen molar-refractivity contribution in [2.75, 3.05) is 0 Å². The molecule has 4 rings (SSSR count). The standard InChI is InChI=1S/C17H16F3N5O/c18-17(19,20)9-8-13-21-16(26-24-13)12-6-7-14-22-23-15(25(14)10-12)11-4-2-1-3-5-11/h1-5,12H,6-10H2/t12-/m0/s1. The van der Waals surface area contributed by atoms with Gasteiger partial charge in [0.1, 0.15) is 5.82 Å². The van der Waals surface area contributed by atoms with Crippen molar-refractivity contribution < 1.29 is 17.7 Å². The highest BCUT2D eigenvalue weighted by atomic mass is 19.4. The lowest BCUT2D eigenvalue weighted by atomic mass is 9.99. The molecule has 2 aromatic heterocycles. The normalized spacial score (nSPS) is 17.3. The molecule has 0 saturated heterocycles. The highest BCUT2D eigenvalue weighted by Crippen LogP contribution is 2.31. The minimum atomic E-state index is -4.23. The van der Waals surface area contributed by atoms with Crippen LogP contribution in [0.25, 0.3) is 11.4 Å². The second kappa shape index (κ2) is 6.54. The van der Waals surface area contributed by atoms with Gasteiger partial charge >= 0.3 is 6.18 Å². The molecule has 136 valence electrons. The smallest absolute Gasteiger partial charge is 0.339 e. The lowest BCUT2D eigenvalue weighted by Crippen LogP contribution is -2.20. The number of aromatic nitrogens is 5. The van der Waals surface area contributed by atoms with Gasteiger partial charge in [-0.3, -0.25) is 0 Å². The Hall–Kier alpha value is -2.71. The van der Waals surface area contributed by atoms with Crippen LogP contribution in [-0.2, 0) is 19.4 Å². The van der Waals surface area contributed by atoms with E-state index >= 15 is 0 Å². The van der Waals surface area contributed by atoms with Crippen molar-refractivity contribution in [3.63, 3.8) is 0 Å². The molecule has 6 nitrogen and oxygen atoms in total. The van der Waals surface area contributed by atoms with E-state index in [-0.39, 0.29) is 18.2 Å². The number of fused-ring (bicyclic) bond motifs is 1. The first-order valence-corrected chi connectivity index (χ1v) is 8.36. The van der Waals surface area contributed by atoms with Gasteiger partial charge in [-0.2, -0.15) is 18.2 Å². The van der Waals surface area contributed by atoms with Crippen molar-refractivity contribution in [3.8, 4) is 11.4 Å². The molecular weight excluding hydrogens is 347 g/mol.